The monoisotopic (exact) mass is 374 g/mol. The van der Waals surface area contributed by atoms with Gasteiger partial charge in [0.2, 0.25) is 0 Å². The van der Waals surface area contributed by atoms with Gasteiger partial charge in [0.15, 0.2) is 0 Å². The third kappa shape index (κ3) is 5.95. The van der Waals surface area contributed by atoms with E-state index in [-0.39, 0.29) is 0 Å². The molecule has 2 heteroatoms. The molecular formula is C25H46N2. The quantitative estimate of drug-likeness (QED) is 0.599. The van der Waals surface area contributed by atoms with Crippen molar-refractivity contribution < 1.29 is 0 Å². The normalized spacial score (nSPS) is 42.1. The molecule has 0 amide bonds. The average Bonchev–Trinajstić information content (AvgIpc) is 2.72. The van der Waals surface area contributed by atoms with E-state index in [1.807, 2.05) is 0 Å². The Labute approximate surface area is 169 Å². The van der Waals surface area contributed by atoms with Crippen LogP contribution < -0.4 is 10.6 Å². The third-order valence-electron chi connectivity index (χ3n) is 8.77. The summed E-state index contributed by atoms with van der Waals surface area (Å²) in [7, 11) is 0. The van der Waals surface area contributed by atoms with Crippen molar-refractivity contribution in [3.63, 3.8) is 0 Å². The highest BCUT2D eigenvalue weighted by Crippen LogP contribution is 2.39. The van der Waals surface area contributed by atoms with E-state index in [1.54, 1.807) is 0 Å². The van der Waals surface area contributed by atoms with Crippen molar-refractivity contribution in [1.29, 1.82) is 0 Å². The highest BCUT2D eigenvalue weighted by molar-refractivity contribution is 4.88. The van der Waals surface area contributed by atoms with Crippen LogP contribution in [0.4, 0.5) is 0 Å². The van der Waals surface area contributed by atoms with Crippen LogP contribution >= 0.6 is 0 Å². The van der Waals surface area contributed by atoms with Gasteiger partial charge in [-0.15, -0.1) is 0 Å². The van der Waals surface area contributed by atoms with E-state index >= 15 is 0 Å². The van der Waals surface area contributed by atoms with Gasteiger partial charge in [0.25, 0.3) is 0 Å². The number of hydrogen-bond donors (Lipinski definition) is 2. The molecule has 4 rings (SSSR count). The molecule has 2 nitrogen and oxygen atoms in total. The van der Waals surface area contributed by atoms with E-state index < -0.39 is 0 Å². The van der Waals surface area contributed by atoms with Gasteiger partial charge in [-0.2, -0.15) is 0 Å². The van der Waals surface area contributed by atoms with E-state index in [0.29, 0.717) is 0 Å². The Bertz CT molecular complexity index is 406. The fourth-order valence-electron chi connectivity index (χ4n) is 6.88. The smallest absolute Gasteiger partial charge is 0.00698 e. The summed E-state index contributed by atoms with van der Waals surface area (Å²) < 4.78 is 0. The molecule has 0 bridgehead atoms. The minimum absolute atomic E-state index is 0.837. The van der Waals surface area contributed by atoms with Gasteiger partial charge < -0.3 is 10.6 Å². The van der Waals surface area contributed by atoms with Crippen molar-refractivity contribution in [3.8, 4) is 0 Å². The summed E-state index contributed by atoms with van der Waals surface area (Å²) in [5.41, 5.74) is 0. The van der Waals surface area contributed by atoms with Crippen LogP contribution in [0.5, 0.6) is 0 Å². The van der Waals surface area contributed by atoms with E-state index in [4.69, 9.17) is 0 Å². The van der Waals surface area contributed by atoms with E-state index in [9.17, 15) is 0 Å². The highest BCUT2D eigenvalue weighted by Gasteiger charge is 2.32. The summed E-state index contributed by atoms with van der Waals surface area (Å²) in [5, 5.41) is 8.07. The van der Waals surface area contributed by atoms with Crippen LogP contribution in [-0.2, 0) is 0 Å². The third-order valence-corrected chi connectivity index (χ3v) is 8.77. The molecule has 0 aromatic heterocycles. The lowest BCUT2D eigenvalue weighted by Gasteiger charge is -2.40. The van der Waals surface area contributed by atoms with Crippen LogP contribution in [-0.4, -0.2) is 24.2 Å². The predicted molar refractivity (Wildman–Crippen MR) is 116 cm³/mol. The fourth-order valence-corrected chi connectivity index (χ4v) is 6.88. The lowest BCUT2D eigenvalue weighted by atomic mass is 9.71. The second-order valence-corrected chi connectivity index (χ2v) is 10.8. The molecule has 0 aliphatic heterocycles. The predicted octanol–water partition coefficient (Wildman–Crippen LogP) is 6.19. The molecule has 4 fully saturated rings. The van der Waals surface area contributed by atoms with E-state index in [2.05, 4.69) is 17.6 Å². The van der Waals surface area contributed by atoms with Crippen molar-refractivity contribution in [2.75, 3.05) is 0 Å². The molecule has 0 saturated heterocycles. The first-order valence-electron chi connectivity index (χ1n) is 12.8. The molecular weight excluding hydrogens is 328 g/mol. The lowest BCUT2D eigenvalue weighted by Crippen LogP contribution is -2.44. The van der Waals surface area contributed by atoms with Crippen LogP contribution in [0.25, 0.3) is 0 Å². The number of nitrogens with one attached hydrogen (secondary N) is 2. The maximum Gasteiger partial charge on any atom is 0.00698 e. The Kier molecular flexibility index (Phi) is 7.56. The SMILES string of the molecule is CC1CCC(NC2CCC(C3CCC(NC4CCCCC4)CC3)CC2)CC1. The molecule has 0 unspecified atom stereocenters. The maximum absolute atomic E-state index is 4.04. The zero-order valence-electron chi connectivity index (χ0n) is 18.1. The van der Waals surface area contributed by atoms with E-state index in [0.717, 1.165) is 41.9 Å². The first kappa shape index (κ1) is 20.2. The summed E-state index contributed by atoms with van der Waals surface area (Å²) in [6.45, 7) is 2.43. The van der Waals surface area contributed by atoms with Crippen LogP contribution in [0.3, 0.4) is 0 Å². The minimum atomic E-state index is 0.837. The van der Waals surface area contributed by atoms with Gasteiger partial charge in [-0.25, -0.2) is 0 Å². The number of rotatable bonds is 5. The van der Waals surface area contributed by atoms with Gasteiger partial charge in [-0.1, -0.05) is 26.2 Å². The van der Waals surface area contributed by atoms with Crippen molar-refractivity contribution in [1.82, 2.24) is 10.6 Å². The molecule has 27 heavy (non-hydrogen) atoms. The second kappa shape index (κ2) is 10.1. The molecule has 0 spiro atoms. The topological polar surface area (TPSA) is 24.1 Å². The second-order valence-electron chi connectivity index (χ2n) is 10.8. The zero-order chi connectivity index (χ0) is 18.5. The molecule has 0 aromatic carbocycles. The molecule has 0 atom stereocenters. The van der Waals surface area contributed by atoms with Gasteiger partial charge in [-0.3, -0.25) is 0 Å². The van der Waals surface area contributed by atoms with Crippen LogP contribution in [0.1, 0.15) is 116 Å². The summed E-state index contributed by atoms with van der Waals surface area (Å²) in [4.78, 5) is 0. The Morgan fingerprint density at radius 2 is 0.778 bits per heavy atom. The van der Waals surface area contributed by atoms with Crippen molar-refractivity contribution in [2.45, 2.75) is 140 Å². The van der Waals surface area contributed by atoms with Crippen LogP contribution in [0.2, 0.25) is 0 Å². The summed E-state index contributed by atoms with van der Waals surface area (Å²) in [6.07, 6.45) is 24.9. The van der Waals surface area contributed by atoms with E-state index in [1.165, 1.54) is 109 Å². The Morgan fingerprint density at radius 1 is 0.407 bits per heavy atom. The minimum Gasteiger partial charge on any atom is -0.311 e. The molecule has 0 radical (unpaired) electrons. The molecule has 0 aromatic rings. The standard InChI is InChI=1S/C25H46N2/c1-19-7-13-23(14-8-19)27-25-17-11-21(12-18-25)20-9-15-24(16-10-20)26-22-5-3-2-4-6-22/h19-27H,2-18H2,1H3. The molecule has 4 saturated carbocycles. The Balaban J connectivity index is 1.12. The Morgan fingerprint density at radius 3 is 1.22 bits per heavy atom. The molecule has 4 aliphatic rings. The zero-order valence-corrected chi connectivity index (χ0v) is 18.1. The molecule has 2 N–H and O–H groups in total. The number of hydrogen-bond acceptors (Lipinski definition) is 2. The Hall–Kier alpha value is -0.0800. The van der Waals surface area contributed by atoms with Gasteiger partial charge in [-0.05, 0) is 108 Å². The van der Waals surface area contributed by atoms with Gasteiger partial charge in [0.1, 0.15) is 0 Å². The van der Waals surface area contributed by atoms with Crippen molar-refractivity contribution in [3.05, 3.63) is 0 Å². The van der Waals surface area contributed by atoms with Crippen molar-refractivity contribution in [2.24, 2.45) is 17.8 Å². The van der Waals surface area contributed by atoms with Gasteiger partial charge >= 0.3 is 0 Å². The first-order chi connectivity index (χ1) is 13.3. The first-order valence-corrected chi connectivity index (χ1v) is 12.8. The van der Waals surface area contributed by atoms with Crippen LogP contribution in [0, 0.1) is 17.8 Å². The fraction of sp³-hybridized carbons (Fsp3) is 1.00. The molecule has 156 valence electrons. The lowest BCUT2D eigenvalue weighted by molar-refractivity contribution is 0.148. The molecule has 0 heterocycles. The average molecular weight is 375 g/mol. The highest BCUT2D eigenvalue weighted by atomic mass is 15.0. The van der Waals surface area contributed by atoms with Crippen LogP contribution in [0.15, 0.2) is 0 Å². The summed E-state index contributed by atoms with van der Waals surface area (Å²) in [6, 6.07) is 3.37. The summed E-state index contributed by atoms with van der Waals surface area (Å²) in [5.74, 6) is 3.07. The maximum atomic E-state index is 4.04. The summed E-state index contributed by atoms with van der Waals surface area (Å²) >= 11 is 0. The van der Waals surface area contributed by atoms with Gasteiger partial charge in [0.05, 0.1) is 0 Å². The largest absolute Gasteiger partial charge is 0.311 e. The van der Waals surface area contributed by atoms with Crippen molar-refractivity contribution >= 4 is 0 Å². The van der Waals surface area contributed by atoms with Gasteiger partial charge in [0, 0.05) is 24.2 Å². The molecule has 4 aliphatic carbocycles.